The van der Waals surface area contributed by atoms with Crippen molar-refractivity contribution in [3.63, 3.8) is 0 Å². The van der Waals surface area contributed by atoms with Crippen molar-refractivity contribution in [3.05, 3.63) is 84.4 Å². The van der Waals surface area contributed by atoms with Gasteiger partial charge in [-0.1, -0.05) is 36.4 Å². The summed E-state index contributed by atoms with van der Waals surface area (Å²) in [5.74, 6) is 0.455. The quantitative estimate of drug-likeness (QED) is 0.684. The SMILES string of the molecule is CC(=O)N(CC(=O)Nc1ccccc1Oc1ccccc1)c1cccc(C#N)c1. The van der Waals surface area contributed by atoms with Gasteiger partial charge in [-0.2, -0.15) is 5.26 Å². The van der Waals surface area contributed by atoms with Crippen LogP contribution in [-0.4, -0.2) is 18.4 Å². The molecule has 0 unspecified atom stereocenters. The molecule has 2 amide bonds. The van der Waals surface area contributed by atoms with Gasteiger partial charge in [0.15, 0.2) is 5.75 Å². The molecule has 0 heterocycles. The van der Waals surface area contributed by atoms with E-state index in [1.807, 2.05) is 42.5 Å². The molecule has 0 bridgehead atoms. The van der Waals surface area contributed by atoms with Crippen LogP contribution in [0.3, 0.4) is 0 Å². The number of nitrogens with zero attached hydrogens (tertiary/aromatic N) is 2. The van der Waals surface area contributed by atoms with Crippen LogP contribution in [-0.2, 0) is 9.59 Å². The third-order valence-corrected chi connectivity index (χ3v) is 4.10. The fraction of sp³-hybridized carbons (Fsp3) is 0.0870. The van der Waals surface area contributed by atoms with E-state index in [-0.39, 0.29) is 18.4 Å². The van der Waals surface area contributed by atoms with E-state index in [0.717, 1.165) is 0 Å². The van der Waals surface area contributed by atoms with Crippen molar-refractivity contribution < 1.29 is 14.3 Å². The fourth-order valence-corrected chi connectivity index (χ4v) is 2.74. The normalized spacial score (nSPS) is 9.93. The largest absolute Gasteiger partial charge is 0.455 e. The van der Waals surface area contributed by atoms with E-state index in [1.54, 1.807) is 42.5 Å². The Morgan fingerprint density at radius 3 is 2.45 bits per heavy atom. The Hall–Kier alpha value is -4.11. The number of benzene rings is 3. The van der Waals surface area contributed by atoms with Gasteiger partial charge in [-0.3, -0.25) is 9.59 Å². The first-order valence-electron chi connectivity index (χ1n) is 8.97. The maximum atomic E-state index is 12.6. The fourth-order valence-electron chi connectivity index (χ4n) is 2.74. The molecule has 6 heteroatoms. The summed E-state index contributed by atoms with van der Waals surface area (Å²) in [6.07, 6.45) is 0. The van der Waals surface area contributed by atoms with Crippen molar-refractivity contribution in [1.29, 1.82) is 5.26 Å². The summed E-state index contributed by atoms with van der Waals surface area (Å²) in [6, 6.07) is 24.9. The van der Waals surface area contributed by atoms with Gasteiger partial charge in [-0.25, -0.2) is 0 Å². The van der Waals surface area contributed by atoms with Crippen molar-refractivity contribution >= 4 is 23.2 Å². The highest BCUT2D eigenvalue weighted by Crippen LogP contribution is 2.29. The van der Waals surface area contributed by atoms with Gasteiger partial charge in [0, 0.05) is 12.6 Å². The summed E-state index contributed by atoms with van der Waals surface area (Å²) < 4.78 is 5.85. The molecule has 0 radical (unpaired) electrons. The minimum atomic E-state index is -0.383. The van der Waals surface area contributed by atoms with Gasteiger partial charge in [-0.15, -0.1) is 0 Å². The molecule has 6 nitrogen and oxygen atoms in total. The van der Waals surface area contributed by atoms with Crippen LogP contribution in [0.5, 0.6) is 11.5 Å². The summed E-state index contributed by atoms with van der Waals surface area (Å²) in [6.45, 7) is 1.18. The van der Waals surface area contributed by atoms with Crippen LogP contribution in [0.15, 0.2) is 78.9 Å². The summed E-state index contributed by atoms with van der Waals surface area (Å²) >= 11 is 0. The molecule has 0 saturated heterocycles. The topological polar surface area (TPSA) is 82.4 Å². The number of nitrogens with one attached hydrogen (secondary N) is 1. The molecule has 0 aliphatic carbocycles. The maximum Gasteiger partial charge on any atom is 0.244 e. The van der Waals surface area contributed by atoms with E-state index in [0.29, 0.717) is 28.4 Å². The molecule has 0 aliphatic rings. The smallest absolute Gasteiger partial charge is 0.244 e. The predicted octanol–water partition coefficient (Wildman–Crippen LogP) is 4.34. The molecule has 0 aliphatic heterocycles. The Morgan fingerprint density at radius 2 is 1.72 bits per heavy atom. The van der Waals surface area contributed by atoms with Crippen molar-refractivity contribution in [2.75, 3.05) is 16.8 Å². The predicted molar refractivity (Wildman–Crippen MR) is 111 cm³/mol. The highest BCUT2D eigenvalue weighted by molar-refractivity contribution is 6.02. The second kappa shape index (κ2) is 9.20. The number of amides is 2. The molecular weight excluding hydrogens is 366 g/mol. The van der Waals surface area contributed by atoms with Gasteiger partial charge >= 0.3 is 0 Å². The van der Waals surface area contributed by atoms with Crippen LogP contribution in [0.25, 0.3) is 0 Å². The number of carbonyl (C=O) groups excluding carboxylic acids is 2. The standard InChI is InChI=1S/C23H19N3O3/c1-17(27)26(19-9-7-8-18(14-19)15-24)16-23(28)25-21-12-5-6-13-22(21)29-20-10-3-2-4-11-20/h2-14H,16H2,1H3,(H,25,28). The first-order chi connectivity index (χ1) is 14.1. The van der Waals surface area contributed by atoms with Crippen LogP contribution in [0.1, 0.15) is 12.5 Å². The van der Waals surface area contributed by atoms with Crippen molar-refractivity contribution in [2.24, 2.45) is 0 Å². The van der Waals surface area contributed by atoms with Gasteiger partial charge < -0.3 is 15.0 Å². The number of rotatable bonds is 6. The van der Waals surface area contributed by atoms with Crippen LogP contribution in [0, 0.1) is 11.3 Å². The second-order valence-corrected chi connectivity index (χ2v) is 6.23. The summed E-state index contributed by atoms with van der Waals surface area (Å²) in [5.41, 5.74) is 1.40. The first kappa shape index (κ1) is 19.6. The van der Waals surface area contributed by atoms with E-state index in [4.69, 9.17) is 10.00 Å². The molecule has 0 saturated carbocycles. The highest BCUT2D eigenvalue weighted by Gasteiger charge is 2.17. The monoisotopic (exact) mass is 385 g/mol. The average molecular weight is 385 g/mol. The number of nitriles is 1. The Labute approximate surface area is 169 Å². The van der Waals surface area contributed by atoms with E-state index >= 15 is 0 Å². The van der Waals surface area contributed by atoms with E-state index in [9.17, 15) is 9.59 Å². The molecule has 3 aromatic rings. The average Bonchev–Trinajstić information content (AvgIpc) is 2.74. The van der Waals surface area contributed by atoms with Crippen molar-refractivity contribution in [3.8, 4) is 17.6 Å². The summed E-state index contributed by atoms with van der Waals surface area (Å²) in [4.78, 5) is 26.0. The number of hydrogen-bond acceptors (Lipinski definition) is 4. The molecule has 144 valence electrons. The van der Waals surface area contributed by atoms with Gasteiger partial charge in [0.2, 0.25) is 11.8 Å². The van der Waals surface area contributed by atoms with Gasteiger partial charge in [-0.05, 0) is 42.5 Å². The number of carbonyl (C=O) groups is 2. The second-order valence-electron chi connectivity index (χ2n) is 6.23. The molecule has 0 spiro atoms. The number of para-hydroxylation sites is 3. The van der Waals surface area contributed by atoms with Crippen molar-refractivity contribution in [1.82, 2.24) is 0 Å². The van der Waals surface area contributed by atoms with Crippen LogP contribution in [0.2, 0.25) is 0 Å². The Kier molecular flexibility index (Phi) is 6.23. The summed E-state index contributed by atoms with van der Waals surface area (Å²) in [7, 11) is 0. The third-order valence-electron chi connectivity index (χ3n) is 4.10. The van der Waals surface area contributed by atoms with Crippen LogP contribution < -0.4 is 15.0 Å². The zero-order valence-corrected chi connectivity index (χ0v) is 15.8. The molecule has 29 heavy (non-hydrogen) atoms. The number of anilines is 2. The summed E-state index contributed by atoms with van der Waals surface area (Å²) in [5, 5.41) is 11.9. The highest BCUT2D eigenvalue weighted by atomic mass is 16.5. The minimum Gasteiger partial charge on any atom is -0.455 e. The van der Waals surface area contributed by atoms with E-state index in [1.165, 1.54) is 11.8 Å². The maximum absolute atomic E-state index is 12.6. The molecular formula is C23H19N3O3. The molecule has 3 aromatic carbocycles. The van der Waals surface area contributed by atoms with E-state index in [2.05, 4.69) is 5.32 Å². The molecule has 3 rings (SSSR count). The van der Waals surface area contributed by atoms with Crippen LogP contribution >= 0.6 is 0 Å². The number of ether oxygens (including phenoxy) is 1. The Morgan fingerprint density at radius 1 is 1.00 bits per heavy atom. The van der Waals surface area contributed by atoms with Gasteiger partial charge in [0.1, 0.15) is 12.3 Å². The third kappa shape index (κ3) is 5.21. The molecule has 0 aromatic heterocycles. The van der Waals surface area contributed by atoms with Gasteiger partial charge in [0.25, 0.3) is 0 Å². The molecule has 0 atom stereocenters. The lowest BCUT2D eigenvalue weighted by molar-refractivity contribution is -0.120. The van der Waals surface area contributed by atoms with Crippen LogP contribution in [0.4, 0.5) is 11.4 Å². The minimum absolute atomic E-state index is 0.191. The number of hydrogen-bond donors (Lipinski definition) is 1. The molecule has 0 fully saturated rings. The molecule has 1 N–H and O–H groups in total. The van der Waals surface area contributed by atoms with E-state index < -0.39 is 0 Å². The van der Waals surface area contributed by atoms with Crippen molar-refractivity contribution in [2.45, 2.75) is 6.92 Å². The zero-order valence-electron chi connectivity index (χ0n) is 15.8. The lowest BCUT2D eigenvalue weighted by Gasteiger charge is -2.21. The van der Waals surface area contributed by atoms with Gasteiger partial charge in [0.05, 0.1) is 17.3 Å². The lowest BCUT2D eigenvalue weighted by atomic mass is 10.2. The first-order valence-corrected chi connectivity index (χ1v) is 8.97. The Bertz CT molecular complexity index is 1060. The lowest BCUT2D eigenvalue weighted by Crippen LogP contribution is -2.36. The Balaban J connectivity index is 1.76. The zero-order chi connectivity index (χ0) is 20.6.